The highest BCUT2D eigenvalue weighted by molar-refractivity contribution is 5.88. The molecule has 13 nitrogen and oxygen atoms in total. The van der Waals surface area contributed by atoms with E-state index in [0.717, 1.165) is 18.4 Å². The molecule has 1 aromatic heterocycles. The van der Waals surface area contributed by atoms with Crippen LogP contribution in [0.5, 0.6) is 51.7 Å². The molecule has 13 heteroatoms. The van der Waals surface area contributed by atoms with Crippen molar-refractivity contribution in [2.24, 2.45) is 0 Å². The molecular formula is C30H26N4O9. The Labute approximate surface area is 243 Å². The van der Waals surface area contributed by atoms with Gasteiger partial charge in [-0.1, -0.05) is 48.6 Å². The fraction of sp³-hybridized carbons (Fsp3) is 0.133. The van der Waals surface area contributed by atoms with Crippen LogP contribution in [-0.4, -0.2) is 55.9 Å². The maximum atomic E-state index is 11.1. The lowest BCUT2D eigenvalue weighted by molar-refractivity contribution is 0.317. The zero-order chi connectivity index (χ0) is 30.8. The zero-order valence-electron chi connectivity index (χ0n) is 22.5. The number of rotatable bonds is 4. The molecule has 1 unspecified atom stereocenters. The van der Waals surface area contributed by atoms with Gasteiger partial charge in [-0.25, -0.2) is 9.97 Å². The molecule has 0 radical (unpaired) electrons. The summed E-state index contributed by atoms with van der Waals surface area (Å²) in [7, 11) is 0. The molecular weight excluding hydrogens is 560 g/mol. The number of hydrogen-bond acceptors (Lipinski definition) is 13. The van der Waals surface area contributed by atoms with E-state index in [1.54, 1.807) is 0 Å². The van der Waals surface area contributed by atoms with Crippen molar-refractivity contribution in [2.45, 2.75) is 25.4 Å². The number of allylic oxidation sites excluding steroid dienone is 4. The average molecular weight is 587 g/mol. The summed E-state index contributed by atoms with van der Waals surface area (Å²) in [5, 5.41) is 101. The molecule has 0 bridgehead atoms. The largest absolute Gasteiger partial charge is 0.504 e. The topological polar surface area (TPSA) is 232 Å². The van der Waals surface area contributed by atoms with Gasteiger partial charge in [0.2, 0.25) is 28.7 Å². The van der Waals surface area contributed by atoms with Gasteiger partial charge in [-0.15, -0.1) is 0 Å². The fourth-order valence-electron chi connectivity index (χ4n) is 5.47. The van der Waals surface area contributed by atoms with Crippen LogP contribution in [0.15, 0.2) is 48.6 Å². The van der Waals surface area contributed by atoms with Crippen LogP contribution in [0.25, 0.3) is 16.8 Å². The van der Waals surface area contributed by atoms with Crippen molar-refractivity contribution in [1.82, 2.24) is 9.97 Å². The molecule has 3 aromatic carbocycles. The van der Waals surface area contributed by atoms with Gasteiger partial charge in [-0.2, -0.15) is 0 Å². The van der Waals surface area contributed by atoms with Gasteiger partial charge in [0, 0.05) is 11.1 Å². The van der Waals surface area contributed by atoms with Crippen LogP contribution in [0.1, 0.15) is 35.2 Å². The highest BCUT2D eigenvalue weighted by Crippen LogP contribution is 2.61. The van der Waals surface area contributed by atoms with Crippen molar-refractivity contribution < 1.29 is 46.0 Å². The molecule has 4 aromatic rings. The van der Waals surface area contributed by atoms with Crippen LogP contribution in [0.4, 0.5) is 11.6 Å². The van der Waals surface area contributed by atoms with Crippen molar-refractivity contribution in [2.75, 3.05) is 10.6 Å². The van der Waals surface area contributed by atoms with E-state index in [-0.39, 0.29) is 17.2 Å². The molecule has 0 saturated heterocycles. The summed E-state index contributed by atoms with van der Waals surface area (Å²) in [5.41, 5.74) is -1.48. The van der Waals surface area contributed by atoms with Crippen molar-refractivity contribution >= 4 is 17.2 Å². The van der Waals surface area contributed by atoms with E-state index < -0.39 is 68.5 Å². The SMILES string of the molecule is Cc1c(O)c(O)c(O)c(O)c1C1(c2c(O)c(O)c(O)c(O)c2O)Nc2nc(C3=CCCC=C3)c(-c3ccccc3)nc2N1. The number of phenolic OH excluding ortho intramolecular Hbond substituents is 9. The predicted octanol–water partition coefficient (Wildman–Crippen LogP) is 4.27. The third-order valence-electron chi connectivity index (χ3n) is 7.58. The molecule has 1 aliphatic heterocycles. The molecule has 2 heterocycles. The van der Waals surface area contributed by atoms with E-state index in [1.807, 2.05) is 48.6 Å². The normalized spacial score (nSPS) is 17.2. The Morgan fingerprint density at radius 3 is 1.67 bits per heavy atom. The number of nitrogens with one attached hydrogen (secondary N) is 2. The number of fused-ring (bicyclic) bond motifs is 1. The summed E-state index contributed by atoms with van der Waals surface area (Å²) in [6.07, 6.45) is 7.45. The molecule has 0 amide bonds. The van der Waals surface area contributed by atoms with E-state index in [4.69, 9.17) is 9.97 Å². The summed E-state index contributed by atoms with van der Waals surface area (Å²) in [5.74, 6) is -10.0. The van der Waals surface area contributed by atoms with Gasteiger partial charge in [0.05, 0.1) is 22.5 Å². The molecule has 1 aliphatic carbocycles. The van der Waals surface area contributed by atoms with Gasteiger partial charge in [-0.05, 0) is 25.3 Å². The van der Waals surface area contributed by atoms with Gasteiger partial charge < -0.3 is 56.6 Å². The first kappa shape index (κ1) is 27.2. The Morgan fingerprint density at radius 2 is 1.12 bits per heavy atom. The molecule has 11 N–H and O–H groups in total. The number of benzene rings is 3. The minimum Gasteiger partial charge on any atom is -0.504 e. The predicted molar refractivity (Wildman–Crippen MR) is 154 cm³/mol. The standard InChI is InChI=1S/C30H26N4O9/c1-12-15(20(36)24(40)23(39)19(12)35)30(16-21(37)25(41)27(43)26(42)22(16)38)33-28-29(34-30)32-18(14-10-6-3-7-11-14)17(31-28)13-8-4-2-5-9-13/h2,4-6,8-11,35-43H,3,7H2,1H3,(H,31,33)(H,32,34). The minimum atomic E-state index is -2.35. The Balaban J connectivity index is 1.69. The average Bonchev–Trinajstić information content (AvgIpc) is 3.39. The second-order valence-electron chi connectivity index (χ2n) is 10.1. The molecule has 43 heavy (non-hydrogen) atoms. The van der Waals surface area contributed by atoms with Gasteiger partial charge in [-0.3, -0.25) is 0 Å². The lowest BCUT2D eigenvalue weighted by Crippen LogP contribution is -2.41. The highest BCUT2D eigenvalue weighted by Gasteiger charge is 2.51. The zero-order valence-corrected chi connectivity index (χ0v) is 22.5. The molecule has 1 atom stereocenters. The molecule has 6 rings (SSSR count). The van der Waals surface area contributed by atoms with E-state index >= 15 is 0 Å². The Kier molecular flexibility index (Phi) is 6.04. The molecule has 2 aliphatic rings. The third kappa shape index (κ3) is 3.85. The first-order chi connectivity index (χ1) is 20.5. The Hall–Kier alpha value is -5.98. The van der Waals surface area contributed by atoms with Gasteiger partial charge in [0.1, 0.15) is 0 Å². The summed E-state index contributed by atoms with van der Waals surface area (Å²) in [6.45, 7) is 1.26. The quantitative estimate of drug-likeness (QED) is 0.119. The van der Waals surface area contributed by atoms with Crippen molar-refractivity contribution in [1.29, 1.82) is 0 Å². The lowest BCUT2D eigenvalue weighted by atomic mass is 9.85. The number of hydrogen-bond donors (Lipinski definition) is 11. The molecule has 0 fully saturated rings. The first-order valence-corrected chi connectivity index (χ1v) is 13.0. The third-order valence-corrected chi connectivity index (χ3v) is 7.58. The van der Waals surface area contributed by atoms with E-state index in [0.29, 0.717) is 17.0 Å². The van der Waals surface area contributed by atoms with Crippen LogP contribution in [0, 0.1) is 6.92 Å². The van der Waals surface area contributed by atoms with Crippen LogP contribution in [0.3, 0.4) is 0 Å². The summed E-state index contributed by atoms with van der Waals surface area (Å²) in [4.78, 5) is 9.58. The van der Waals surface area contributed by atoms with Crippen LogP contribution < -0.4 is 10.6 Å². The van der Waals surface area contributed by atoms with Gasteiger partial charge in [0.15, 0.2) is 40.3 Å². The first-order valence-electron chi connectivity index (χ1n) is 13.0. The van der Waals surface area contributed by atoms with Crippen molar-refractivity contribution in [3.8, 4) is 63.0 Å². The number of aromatic nitrogens is 2. The summed E-state index contributed by atoms with van der Waals surface area (Å²) >= 11 is 0. The second-order valence-corrected chi connectivity index (χ2v) is 10.1. The number of phenols is 9. The van der Waals surface area contributed by atoms with Crippen molar-refractivity contribution in [3.63, 3.8) is 0 Å². The van der Waals surface area contributed by atoms with E-state index in [1.165, 1.54) is 6.92 Å². The number of anilines is 2. The maximum Gasteiger partial charge on any atom is 0.208 e. The molecule has 220 valence electrons. The second kappa shape index (κ2) is 9.55. The van der Waals surface area contributed by atoms with E-state index in [2.05, 4.69) is 10.6 Å². The van der Waals surface area contributed by atoms with E-state index in [9.17, 15) is 46.0 Å². The summed E-state index contributed by atoms with van der Waals surface area (Å²) in [6, 6.07) is 9.11. The molecule has 0 spiro atoms. The van der Waals surface area contributed by atoms with Crippen molar-refractivity contribution in [3.05, 3.63) is 70.9 Å². The monoisotopic (exact) mass is 586 g/mol. The lowest BCUT2D eigenvalue weighted by Gasteiger charge is -2.34. The smallest absolute Gasteiger partial charge is 0.208 e. The highest BCUT2D eigenvalue weighted by atomic mass is 16.4. The van der Waals surface area contributed by atoms with Gasteiger partial charge >= 0.3 is 0 Å². The number of aromatic hydroxyl groups is 9. The fourth-order valence-corrected chi connectivity index (χ4v) is 5.47. The number of nitrogens with zero attached hydrogens (tertiary/aromatic N) is 2. The van der Waals surface area contributed by atoms with Crippen LogP contribution in [-0.2, 0) is 5.66 Å². The van der Waals surface area contributed by atoms with Gasteiger partial charge in [0.25, 0.3) is 0 Å². The van der Waals surface area contributed by atoms with Crippen LogP contribution in [0.2, 0.25) is 0 Å². The van der Waals surface area contributed by atoms with Crippen LogP contribution >= 0.6 is 0 Å². The Morgan fingerprint density at radius 1 is 0.605 bits per heavy atom. The maximum absolute atomic E-state index is 11.1. The molecule has 0 saturated carbocycles. The summed E-state index contributed by atoms with van der Waals surface area (Å²) < 4.78 is 0. The minimum absolute atomic E-state index is 0.000277. The Bertz CT molecular complexity index is 1760.